The predicted molar refractivity (Wildman–Crippen MR) is 116 cm³/mol. The molecule has 8 heteroatoms. The van der Waals surface area contributed by atoms with Gasteiger partial charge in [-0.3, -0.25) is 9.69 Å². The number of anilines is 1. The number of hydrogen-bond donors (Lipinski definition) is 0. The summed E-state index contributed by atoms with van der Waals surface area (Å²) < 4.78 is 14.8. The van der Waals surface area contributed by atoms with Gasteiger partial charge in [0.05, 0.1) is 48.7 Å². The number of rotatable bonds is 5. The van der Waals surface area contributed by atoms with Gasteiger partial charge in [-0.05, 0) is 48.9 Å². The quantitative estimate of drug-likeness (QED) is 0.515. The van der Waals surface area contributed by atoms with Gasteiger partial charge >= 0.3 is 11.9 Å². The van der Waals surface area contributed by atoms with Crippen molar-refractivity contribution in [1.82, 2.24) is 0 Å². The summed E-state index contributed by atoms with van der Waals surface area (Å²) in [6.45, 7) is 1.66. The Hall–Kier alpha value is -3.58. The van der Waals surface area contributed by atoms with E-state index in [2.05, 4.69) is 4.74 Å². The SMILES string of the molecule is COC(=O)C1=C(C)N(c2ccc(OC)c(Cl)c2)C(=O)C1=Cc1ccc(C(=O)OC)cc1. The molecule has 3 rings (SSSR count). The van der Waals surface area contributed by atoms with E-state index in [-0.39, 0.29) is 11.1 Å². The van der Waals surface area contributed by atoms with Crippen molar-refractivity contribution in [1.29, 1.82) is 0 Å². The number of esters is 2. The minimum absolute atomic E-state index is 0.150. The predicted octanol–water partition coefficient (Wildman–Crippen LogP) is 4.01. The van der Waals surface area contributed by atoms with Crippen molar-refractivity contribution in [3.05, 3.63) is 75.5 Å². The Morgan fingerprint density at radius 2 is 1.61 bits per heavy atom. The number of hydrogen-bond acceptors (Lipinski definition) is 6. The summed E-state index contributed by atoms with van der Waals surface area (Å²) in [4.78, 5) is 38.8. The number of ether oxygens (including phenoxy) is 3. The van der Waals surface area contributed by atoms with Gasteiger partial charge in [0.1, 0.15) is 5.75 Å². The largest absolute Gasteiger partial charge is 0.495 e. The van der Waals surface area contributed by atoms with Crippen LogP contribution < -0.4 is 9.64 Å². The lowest BCUT2D eigenvalue weighted by Gasteiger charge is -2.19. The molecule has 1 aliphatic heterocycles. The molecule has 1 heterocycles. The zero-order chi connectivity index (χ0) is 22.7. The highest BCUT2D eigenvalue weighted by molar-refractivity contribution is 6.32. The van der Waals surface area contributed by atoms with Crippen LogP contribution in [0.15, 0.2) is 59.3 Å². The topological polar surface area (TPSA) is 82.1 Å². The lowest BCUT2D eigenvalue weighted by atomic mass is 10.0. The standard InChI is InChI=1S/C23H20ClNO6/c1-13-20(23(28)31-4)17(11-14-5-7-15(8-6-14)22(27)30-3)21(26)25(13)16-9-10-19(29-2)18(24)12-16/h5-12H,1-4H3. The third kappa shape index (κ3) is 4.18. The molecule has 0 unspecified atom stereocenters. The van der Waals surface area contributed by atoms with E-state index in [0.717, 1.165) is 0 Å². The highest BCUT2D eigenvalue weighted by atomic mass is 35.5. The van der Waals surface area contributed by atoms with Crippen LogP contribution in [0.4, 0.5) is 5.69 Å². The highest BCUT2D eigenvalue weighted by Crippen LogP contribution is 2.38. The summed E-state index contributed by atoms with van der Waals surface area (Å²) in [6, 6.07) is 11.4. The number of nitrogens with zero attached hydrogens (tertiary/aromatic N) is 1. The van der Waals surface area contributed by atoms with Crippen molar-refractivity contribution in [2.24, 2.45) is 0 Å². The highest BCUT2D eigenvalue weighted by Gasteiger charge is 2.38. The van der Waals surface area contributed by atoms with Crippen LogP contribution in [0.5, 0.6) is 5.75 Å². The average molecular weight is 442 g/mol. The minimum atomic E-state index is -0.634. The molecule has 0 fully saturated rings. The van der Waals surface area contributed by atoms with Gasteiger partial charge in [0.15, 0.2) is 0 Å². The van der Waals surface area contributed by atoms with E-state index in [0.29, 0.717) is 33.3 Å². The third-order valence-corrected chi connectivity index (χ3v) is 5.12. The fourth-order valence-electron chi connectivity index (χ4n) is 3.29. The number of carbonyl (C=O) groups excluding carboxylic acids is 3. The van der Waals surface area contributed by atoms with Crippen molar-refractivity contribution in [3.8, 4) is 5.75 Å². The normalized spacial score (nSPS) is 14.8. The lowest BCUT2D eigenvalue weighted by Crippen LogP contribution is -2.24. The van der Waals surface area contributed by atoms with Crippen LogP contribution in [0.1, 0.15) is 22.8 Å². The molecular weight excluding hydrogens is 422 g/mol. The van der Waals surface area contributed by atoms with Gasteiger partial charge in [-0.1, -0.05) is 23.7 Å². The number of allylic oxidation sites excluding steroid dienone is 1. The van der Waals surface area contributed by atoms with Gasteiger partial charge in [0.2, 0.25) is 0 Å². The molecule has 160 valence electrons. The molecule has 7 nitrogen and oxygen atoms in total. The molecule has 0 saturated carbocycles. The molecule has 1 aliphatic rings. The minimum Gasteiger partial charge on any atom is -0.495 e. The second kappa shape index (κ2) is 9.06. The number of methoxy groups -OCH3 is 3. The summed E-state index contributed by atoms with van der Waals surface area (Å²) in [6.07, 6.45) is 1.57. The van der Waals surface area contributed by atoms with Gasteiger partial charge < -0.3 is 14.2 Å². The molecule has 0 radical (unpaired) electrons. The first-order valence-corrected chi connectivity index (χ1v) is 9.57. The first-order valence-electron chi connectivity index (χ1n) is 9.20. The second-order valence-corrected chi connectivity index (χ2v) is 6.99. The van der Waals surface area contributed by atoms with E-state index in [1.807, 2.05) is 0 Å². The summed E-state index contributed by atoms with van der Waals surface area (Å²) in [5.41, 5.74) is 2.21. The Bertz CT molecular complexity index is 1120. The number of amides is 1. The second-order valence-electron chi connectivity index (χ2n) is 6.58. The Morgan fingerprint density at radius 1 is 0.968 bits per heavy atom. The van der Waals surface area contributed by atoms with Crippen LogP contribution in [0, 0.1) is 0 Å². The van der Waals surface area contributed by atoms with Crippen molar-refractivity contribution < 1.29 is 28.6 Å². The number of carbonyl (C=O) groups is 3. The summed E-state index contributed by atoms with van der Waals surface area (Å²) in [5, 5.41) is 0.330. The maximum absolute atomic E-state index is 13.3. The molecule has 2 aromatic rings. The first-order chi connectivity index (χ1) is 14.8. The van der Waals surface area contributed by atoms with Gasteiger partial charge in [-0.2, -0.15) is 0 Å². The smallest absolute Gasteiger partial charge is 0.340 e. The summed E-state index contributed by atoms with van der Waals surface area (Å²) >= 11 is 6.23. The fraction of sp³-hybridized carbons (Fsp3) is 0.174. The maximum Gasteiger partial charge on any atom is 0.340 e. The molecule has 0 spiro atoms. The Morgan fingerprint density at radius 3 is 2.16 bits per heavy atom. The molecule has 0 bridgehead atoms. The number of halogens is 1. The zero-order valence-electron chi connectivity index (χ0n) is 17.4. The van der Waals surface area contributed by atoms with E-state index in [1.54, 1.807) is 55.5 Å². The van der Waals surface area contributed by atoms with Crippen molar-refractivity contribution in [2.75, 3.05) is 26.2 Å². The van der Waals surface area contributed by atoms with Crippen LogP contribution in [0.3, 0.4) is 0 Å². The van der Waals surface area contributed by atoms with E-state index in [1.165, 1.54) is 26.2 Å². The van der Waals surface area contributed by atoms with Crippen molar-refractivity contribution >= 4 is 41.2 Å². The zero-order valence-corrected chi connectivity index (χ0v) is 18.1. The van der Waals surface area contributed by atoms with Crippen LogP contribution in [0.2, 0.25) is 5.02 Å². The lowest BCUT2D eigenvalue weighted by molar-refractivity contribution is -0.136. The molecule has 0 saturated heterocycles. The molecule has 1 amide bonds. The van der Waals surface area contributed by atoms with E-state index >= 15 is 0 Å². The summed E-state index contributed by atoms with van der Waals surface area (Å²) in [5.74, 6) is -1.04. The third-order valence-electron chi connectivity index (χ3n) is 4.83. The Kier molecular flexibility index (Phi) is 6.46. The molecular formula is C23H20ClNO6. The van der Waals surface area contributed by atoms with Crippen molar-refractivity contribution in [3.63, 3.8) is 0 Å². The average Bonchev–Trinajstić information content (AvgIpc) is 3.02. The fourth-order valence-corrected chi connectivity index (χ4v) is 3.54. The van der Waals surface area contributed by atoms with Crippen LogP contribution in [-0.2, 0) is 19.1 Å². The van der Waals surface area contributed by atoms with Crippen LogP contribution >= 0.6 is 11.6 Å². The number of benzene rings is 2. The van der Waals surface area contributed by atoms with Gasteiger partial charge in [0.25, 0.3) is 5.91 Å². The first kappa shape index (κ1) is 22.1. The Labute approximate surface area is 184 Å². The maximum atomic E-state index is 13.3. The molecule has 0 aliphatic carbocycles. The molecule has 31 heavy (non-hydrogen) atoms. The van der Waals surface area contributed by atoms with E-state index in [4.69, 9.17) is 21.1 Å². The van der Waals surface area contributed by atoms with Gasteiger partial charge in [0, 0.05) is 5.70 Å². The monoisotopic (exact) mass is 441 g/mol. The van der Waals surface area contributed by atoms with Gasteiger partial charge in [-0.15, -0.1) is 0 Å². The van der Waals surface area contributed by atoms with E-state index in [9.17, 15) is 14.4 Å². The summed E-state index contributed by atoms with van der Waals surface area (Å²) in [7, 11) is 4.04. The molecule has 0 atom stereocenters. The molecule has 2 aromatic carbocycles. The molecule has 0 aromatic heterocycles. The molecule has 0 N–H and O–H groups in total. The van der Waals surface area contributed by atoms with Gasteiger partial charge in [-0.25, -0.2) is 9.59 Å². The van der Waals surface area contributed by atoms with Crippen molar-refractivity contribution in [2.45, 2.75) is 6.92 Å². The Balaban J connectivity index is 2.07. The van der Waals surface area contributed by atoms with E-state index < -0.39 is 17.8 Å². The van der Waals surface area contributed by atoms with Crippen LogP contribution in [-0.4, -0.2) is 39.2 Å². The van der Waals surface area contributed by atoms with Crippen LogP contribution in [0.25, 0.3) is 6.08 Å².